The van der Waals surface area contributed by atoms with Crippen LogP contribution >= 0.6 is 0 Å². The van der Waals surface area contributed by atoms with Crippen molar-refractivity contribution in [1.29, 1.82) is 0 Å². The van der Waals surface area contributed by atoms with E-state index in [0.717, 1.165) is 12.5 Å². The Morgan fingerprint density at radius 3 is 2.47 bits per heavy atom. The summed E-state index contributed by atoms with van der Waals surface area (Å²) in [5, 5.41) is 0. The molecule has 0 radical (unpaired) electrons. The number of hydrogen-bond donors (Lipinski definition) is 1. The quantitative estimate of drug-likeness (QED) is 0.779. The molecule has 15 heavy (non-hydrogen) atoms. The topological polar surface area (TPSA) is 29.3 Å². The van der Waals surface area contributed by atoms with Crippen LogP contribution in [0.2, 0.25) is 0 Å². The van der Waals surface area contributed by atoms with Crippen molar-refractivity contribution < 1.29 is 0 Å². The van der Waals surface area contributed by atoms with Crippen LogP contribution in [0.4, 0.5) is 0 Å². The van der Waals surface area contributed by atoms with Gasteiger partial charge in [-0.3, -0.25) is 0 Å². The molecular formula is C13H28N2. The SMILES string of the molecule is CCN1CCC[C@H](CN)[C@H]1CC(C)(C)C. The van der Waals surface area contributed by atoms with E-state index in [1.165, 1.54) is 32.4 Å². The van der Waals surface area contributed by atoms with Crippen LogP contribution in [0.1, 0.15) is 47.0 Å². The summed E-state index contributed by atoms with van der Waals surface area (Å²) in [4.78, 5) is 2.63. The van der Waals surface area contributed by atoms with Gasteiger partial charge in [-0.05, 0) is 50.2 Å². The van der Waals surface area contributed by atoms with Gasteiger partial charge in [-0.15, -0.1) is 0 Å². The Balaban J connectivity index is 2.66. The van der Waals surface area contributed by atoms with Gasteiger partial charge in [-0.25, -0.2) is 0 Å². The maximum atomic E-state index is 5.90. The van der Waals surface area contributed by atoms with E-state index in [1.54, 1.807) is 0 Å². The standard InChI is InChI=1S/C13H28N2/c1-5-15-8-6-7-11(10-14)12(15)9-13(2,3)4/h11-12H,5-10,14H2,1-4H3/t11-,12-/m1/s1. The highest BCUT2D eigenvalue weighted by atomic mass is 15.2. The lowest BCUT2D eigenvalue weighted by atomic mass is 9.78. The molecule has 0 aromatic heterocycles. The smallest absolute Gasteiger partial charge is 0.0140 e. The molecule has 0 bridgehead atoms. The van der Waals surface area contributed by atoms with Crippen molar-refractivity contribution >= 4 is 0 Å². The highest BCUT2D eigenvalue weighted by Crippen LogP contribution is 2.32. The number of piperidine rings is 1. The summed E-state index contributed by atoms with van der Waals surface area (Å²) in [7, 11) is 0. The van der Waals surface area contributed by atoms with Gasteiger partial charge in [0, 0.05) is 6.04 Å². The average Bonchev–Trinajstić information content (AvgIpc) is 2.16. The monoisotopic (exact) mass is 212 g/mol. The molecule has 2 N–H and O–H groups in total. The molecule has 1 aliphatic rings. The Hall–Kier alpha value is -0.0800. The minimum Gasteiger partial charge on any atom is -0.330 e. The molecule has 0 unspecified atom stereocenters. The minimum absolute atomic E-state index is 0.419. The zero-order chi connectivity index (χ0) is 11.5. The highest BCUT2D eigenvalue weighted by Gasteiger charge is 2.32. The summed E-state index contributed by atoms with van der Waals surface area (Å²) in [5.41, 5.74) is 6.32. The van der Waals surface area contributed by atoms with Crippen LogP contribution in [0, 0.1) is 11.3 Å². The molecule has 0 aromatic carbocycles. The predicted molar refractivity (Wildman–Crippen MR) is 66.9 cm³/mol. The van der Waals surface area contributed by atoms with Crippen molar-refractivity contribution in [3.63, 3.8) is 0 Å². The Labute approximate surface area is 95.2 Å². The van der Waals surface area contributed by atoms with Gasteiger partial charge < -0.3 is 10.6 Å². The van der Waals surface area contributed by atoms with Gasteiger partial charge in [0.15, 0.2) is 0 Å². The predicted octanol–water partition coefficient (Wildman–Crippen LogP) is 2.48. The Kier molecular flexibility index (Phi) is 4.60. The third-order valence-electron chi connectivity index (χ3n) is 3.56. The summed E-state index contributed by atoms with van der Waals surface area (Å²) in [6, 6.07) is 0.716. The first-order valence-corrected chi connectivity index (χ1v) is 6.42. The van der Waals surface area contributed by atoms with E-state index in [9.17, 15) is 0 Å². The van der Waals surface area contributed by atoms with E-state index in [0.29, 0.717) is 11.5 Å². The zero-order valence-electron chi connectivity index (χ0n) is 10.9. The molecule has 90 valence electrons. The van der Waals surface area contributed by atoms with Crippen LogP contribution in [0.25, 0.3) is 0 Å². The molecule has 1 heterocycles. The van der Waals surface area contributed by atoms with Crippen molar-refractivity contribution in [3.8, 4) is 0 Å². The number of nitrogens with zero attached hydrogens (tertiary/aromatic N) is 1. The molecule has 2 atom stereocenters. The van der Waals surface area contributed by atoms with Gasteiger partial charge in [0.2, 0.25) is 0 Å². The number of rotatable bonds is 3. The number of likely N-dealkylation sites (tertiary alicyclic amines) is 1. The van der Waals surface area contributed by atoms with Crippen molar-refractivity contribution in [2.45, 2.75) is 53.0 Å². The van der Waals surface area contributed by atoms with Crippen molar-refractivity contribution in [3.05, 3.63) is 0 Å². The van der Waals surface area contributed by atoms with Gasteiger partial charge in [0.05, 0.1) is 0 Å². The molecular weight excluding hydrogens is 184 g/mol. The summed E-state index contributed by atoms with van der Waals surface area (Å²) in [6.07, 6.45) is 3.94. The van der Waals surface area contributed by atoms with Gasteiger partial charge in [-0.2, -0.15) is 0 Å². The average molecular weight is 212 g/mol. The Bertz CT molecular complexity index is 171. The van der Waals surface area contributed by atoms with Crippen molar-refractivity contribution in [2.75, 3.05) is 19.6 Å². The third kappa shape index (κ3) is 3.76. The number of nitrogens with two attached hydrogens (primary N) is 1. The van der Waals surface area contributed by atoms with Crippen LogP contribution < -0.4 is 5.73 Å². The van der Waals surface area contributed by atoms with Gasteiger partial charge in [0.1, 0.15) is 0 Å². The lowest BCUT2D eigenvalue weighted by Crippen LogP contribution is -2.49. The van der Waals surface area contributed by atoms with Gasteiger partial charge in [0.25, 0.3) is 0 Å². The lowest BCUT2D eigenvalue weighted by molar-refractivity contribution is 0.0691. The van der Waals surface area contributed by atoms with E-state index in [4.69, 9.17) is 5.73 Å². The minimum atomic E-state index is 0.419. The molecule has 0 saturated carbocycles. The van der Waals surface area contributed by atoms with Crippen LogP contribution in [0.15, 0.2) is 0 Å². The Morgan fingerprint density at radius 1 is 1.33 bits per heavy atom. The second-order valence-electron chi connectivity index (χ2n) is 6.10. The van der Waals surface area contributed by atoms with E-state index in [1.807, 2.05) is 0 Å². The first-order chi connectivity index (χ1) is 6.98. The summed E-state index contributed by atoms with van der Waals surface area (Å²) in [6.45, 7) is 12.6. The fraction of sp³-hybridized carbons (Fsp3) is 1.00. The van der Waals surface area contributed by atoms with E-state index >= 15 is 0 Å². The Morgan fingerprint density at radius 2 is 2.00 bits per heavy atom. The number of hydrogen-bond acceptors (Lipinski definition) is 2. The first kappa shape index (κ1) is 13.0. The molecule has 0 aliphatic carbocycles. The lowest BCUT2D eigenvalue weighted by Gasteiger charge is -2.43. The molecule has 2 heteroatoms. The van der Waals surface area contributed by atoms with Crippen LogP contribution in [-0.2, 0) is 0 Å². The maximum Gasteiger partial charge on any atom is 0.0140 e. The van der Waals surface area contributed by atoms with E-state index < -0.39 is 0 Å². The van der Waals surface area contributed by atoms with E-state index in [2.05, 4.69) is 32.6 Å². The fourth-order valence-electron chi connectivity index (χ4n) is 2.80. The van der Waals surface area contributed by atoms with Gasteiger partial charge in [-0.1, -0.05) is 27.7 Å². The zero-order valence-corrected chi connectivity index (χ0v) is 10.9. The highest BCUT2D eigenvalue weighted by molar-refractivity contribution is 4.87. The summed E-state index contributed by atoms with van der Waals surface area (Å²) in [5.74, 6) is 0.720. The second kappa shape index (κ2) is 5.31. The first-order valence-electron chi connectivity index (χ1n) is 6.42. The van der Waals surface area contributed by atoms with Crippen LogP contribution in [-0.4, -0.2) is 30.6 Å². The maximum absolute atomic E-state index is 5.90. The van der Waals surface area contributed by atoms with Crippen LogP contribution in [0.5, 0.6) is 0 Å². The third-order valence-corrected chi connectivity index (χ3v) is 3.56. The molecule has 0 spiro atoms. The van der Waals surface area contributed by atoms with Gasteiger partial charge >= 0.3 is 0 Å². The molecule has 0 aromatic rings. The normalized spacial score (nSPS) is 29.4. The summed E-state index contributed by atoms with van der Waals surface area (Å²) >= 11 is 0. The summed E-state index contributed by atoms with van der Waals surface area (Å²) < 4.78 is 0. The largest absolute Gasteiger partial charge is 0.330 e. The molecule has 2 nitrogen and oxygen atoms in total. The molecule has 1 saturated heterocycles. The second-order valence-corrected chi connectivity index (χ2v) is 6.10. The van der Waals surface area contributed by atoms with Crippen molar-refractivity contribution in [1.82, 2.24) is 4.90 Å². The fourth-order valence-corrected chi connectivity index (χ4v) is 2.80. The van der Waals surface area contributed by atoms with Crippen molar-refractivity contribution in [2.24, 2.45) is 17.1 Å². The molecule has 1 aliphatic heterocycles. The molecule has 0 amide bonds. The van der Waals surface area contributed by atoms with E-state index in [-0.39, 0.29) is 0 Å². The molecule has 1 rings (SSSR count). The molecule has 1 fully saturated rings. The van der Waals surface area contributed by atoms with Crippen LogP contribution in [0.3, 0.4) is 0 Å².